The first-order valence-corrected chi connectivity index (χ1v) is 13.7. The fraction of sp³-hybridized carbons (Fsp3) is 0.533. The highest BCUT2D eigenvalue weighted by molar-refractivity contribution is 5.79. The first-order valence-electron chi connectivity index (χ1n) is 13.7. The van der Waals surface area contributed by atoms with Crippen LogP contribution in [0.1, 0.15) is 67.7 Å². The number of rotatable bonds is 9. The second kappa shape index (κ2) is 11.1. The number of carbonyl (C=O) groups excluding carboxylic acids is 2. The predicted molar refractivity (Wildman–Crippen MR) is 139 cm³/mol. The van der Waals surface area contributed by atoms with Gasteiger partial charge in [0.1, 0.15) is 0 Å². The van der Waals surface area contributed by atoms with Gasteiger partial charge in [-0.3, -0.25) is 9.59 Å². The molecule has 2 amide bonds. The minimum atomic E-state index is -4.36. The molecule has 1 N–H and O–H groups in total. The fourth-order valence-electron chi connectivity index (χ4n) is 5.89. The molecule has 3 aliphatic rings. The molecule has 38 heavy (non-hydrogen) atoms. The van der Waals surface area contributed by atoms with Gasteiger partial charge in [0.15, 0.2) is 0 Å². The number of halogens is 3. The molecule has 8 heteroatoms. The molecule has 204 valence electrons. The lowest BCUT2D eigenvalue weighted by molar-refractivity contribution is -0.137. The van der Waals surface area contributed by atoms with Gasteiger partial charge < -0.3 is 15.1 Å². The molecule has 5 nitrogen and oxygen atoms in total. The SMILES string of the molecule is O=C(CC1CC1)N[C@@H](CCN1CCC2(CC1)CC(=O)N(Cc1ccc(C(F)(F)F)cc1)C2)c1ccccc1. The Morgan fingerprint density at radius 3 is 2.34 bits per heavy atom. The quantitative estimate of drug-likeness (QED) is 0.464. The van der Waals surface area contributed by atoms with Crippen molar-refractivity contribution < 1.29 is 22.8 Å². The Hall–Kier alpha value is -2.87. The number of carbonyl (C=O) groups is 2. The van der Waals surface area contributed by atoms with Crippen molar-refractivity contribution >= 4 is 11.8 Å². The summed E-state index contributed by atoms with van der Waals surface area (Å²) in [5, 5.41) is 3.26. The van der Waals surface area contributed by atoms with E-state index >= 15 is 0 Å². The Bertz CT molecular complexity index is 1110. The number of piperidine rings is 1. The van der Waals surface area contributed by atoms with Crippen molar-refractivity contribution in [2.45, 2.75) is 63.7 Å². The molecule has 0 aromatic heterocycles. The van der Waals surface area contributed by atoms with E-state index < -0.39 is 11.7 Å². The Morgan fingerprint density at radius 2 is 1.71 bits per heavy atom. The zero-order valence-electron chi connectivity index (χ0n) is 21.7. The maximum absolute atomic E-state index is 12.9. The Morgan fingerprint density at radius 1 is 1.03 bits per heavy atom. The molecule has 5 rings (SSSR count). The maximum atomic E-state index is 12.9. The van der Waals surface area contributed by atoms with Crippen LogP contribution < -0.4 is 5.32 Å². The number of benzene rings is 2. The second-order valence-electron chi connectivity index (χ2n) is 11.4. The van der Waals surface area contributed by atoms with Crippen LogP contribution in [0.3, 0.4) is 0 Å². The van der Waals surface area contributed by atoms with Gasteiger partial charge in [-0.15, -0.1) is 0 Å². The van der Waals surface area contributed by atoms with Crippen molar-refractivity contribution in [1.29, 1.82) is 0 Å². The largest absolute Gasteiger partial charge is 0.416 e. The van der Waals surface area contributed by atoms with Gasteiger partial charge in [-0.2, -0.15) is 13.2 Å². The summed E-state index contributed by atoms with van der Waals surface area (Å²) in [6.45, 7) is 3.69. The Kier molecular flexibility index (Phi) is 7.80. The molecule has 0 unspecified atom stereocenters. The molecule has 2 saturated heterocycles. The van der Waals surface area contributed by atoms with Crippen LogP contribution in [0, 0.1) is 11.3 Å². The van der Waals surface area contributed by atoms with Gasteiger partial charge in [-0.25, -0.2) is 0 Å². The van der Waals surface area contributed by atoms with Crippen LogP contribution in [0.5, 0.6) is 0 Å². The third kappa shape index (κ3) is 6.76. The first kappa shape index (κ1) is 26.7. The molecule has 1 aliphatic carbocycles. The molecule has 0 bridgehead atoms. The predicted octanol–water partition coefficient (Wildman–Crippen LogP) is 5.57. The van der Waals surface area contributed by atoms with Crippen molar-refractivity contribution in [2.24, 2.45) is 11.3 Å². The molecule has 1 saturated carbocycles. The van der Waals surface area contributed by atoms with Crippen molar-refractivity contribution in [3.63, 3.8) is 0 Å². The lowest BCUT2D eigenvalue weighted by atomic mass is 9.77. The van der Waals surface area contributed by atoms with Gasteiger partial charge in [-0.1, -0.05) is 42.5 Å². The molecule has 2 aromatic rings. The van der Waals surface area contributed by atoms with E-state index in [2.05, 4.69) is 22.3 Å². The summed E-state index contributed by atoms with van der Waals surface area (Å²) >= 11 is 0. The standard InChI is InChI=1S/C30H36F3N3O2/c31-30(32,33)25-10-8-23(9-11-25)20-36-21-29(19-28(36)38)13-16-35(17-14-29)15-12-26(24-4-2-1-3-5-24)34-27(37)18-22-6-7-22/h1-5,8-11,22,26H,6-7,12-21H2,(H,34,37)/t26-/m0/s1. The van der Waals surface area contributed by atoms with Crippen molar-refractivity contribution in [3.05, 3.63) is 71.3 Å². The van der Waals surface area contributed by atoms with Gasteiger partial charge in [0.05, 0.1) is 11.6 Å². The molecule has 3 fully saturated rings. The van der Waals surface area contributed by atoms with Crippen molar-refractivity contribution in [1.82, 2.24) is 15.1 Å². The van der Waals surface area contributed by atoms with E-state index in [9.17, 15) is 22.8 Å². The zero-order chi connectivity index (χ0) is 26.8. The van der Waals surface area contributed by atoms with E-state index in [0.29, 0.717) is 31.8 Å². The minimum absolute atomic E-state index is 0.00868. The molecule has 2 aromatic carbocycles. The van der Waals surface area contributed by atoms with E-state index in [1.165, 1.54) is 12.1 Å². The highest BCUT2D eigenvalue weighted by Gasteiger charge is 2.44. The van der Waals surface area contributed by atoms with Gasteiger partial charge in [-0.05, 0) is 79.8 Å². The van der Waals surface area contributed by atoms with Gasteiger partial charge in [0.25, 0.3) is 0 Å². The molecule has 2 heterocycles. The van der Waals surface area contributed by atoms with E-state index in [1.54, 1.807) is 4.90 Å². The summed E-state index contributed by atoms with van der Waals surface area (Å²) in [7, 11) is 0. The van der Waals surface area contributed by atoms with Gasteiger partial charge >= 0.3 is 6.18 Å². The number of amides is 2. The third-order valence-electron chi connectivity index (χ3n) is 8.42. The Balaban J connectivity index is 1.12. The number of hydrogen-bond acceptors (Lipinski definition) is 3. The average molecular weight is 528 g/mol. The zero-order valence-corrected chi connectivity index (χ0v) is 21.7. The van der Waals surface area contributed by atoms with Crippen LogP contribution in [0.25, 0.3) is 0 Å². The lowest BCUT2D eigenvalue weighted by Crippen LogP contribution is -2.42. The topological polar surface area (TPSA) is 52.7 Å². The summed E-state index contributed by atoms with van der Waals surface area (Å²) in [5.41, 5.74) is 1.12. The number of hydrogen-bond donors (Lipinski definition) is 1. The average Bonchev–Trinajstić information content (AvgIpc) is 3.66. The van der Waals surface area contributed by atoms with Crippen LogP contribution in [0.15, 0.2) is 54.6 Å². The smallest absolute Gasteiger partial charge is 0.349 e. The van der Waals surface area contributed by atoms with Crippen LogP contribution in [0.2, 0.25) is 0 Å². The number of nitrogens with zero attached hydrogens (tertiary/aromatic N) is 2. The molecule has 0 radical (unpaired) electrons. The Labute approximate surface area is 222 Å². The van der Waals surface area contributed by atoms with Crippen LogP contribution in [-0.2, 0) is 22.3 Å². The monoisotopic (exact) mass is 527 g/mol. The van der Waals surface area contributed by atoms with E-state index in [1.807, 2.05) is 18.2 Å². The summed E-state index contributed by atoms with van der Waals surface area (Å²) in [4.78, 5) is 29.6. The normalized spacial score (nSPS) is 20.6. The number of alkyl halides is 3. The summed E-state index contributed by atoms with van der Waals surface area (Å²) < 4.78 is 38.6. The highest BCUT2D eigenvalue weighted by atomic mass is 19.4. The molecular formula is C30H36F3N3O2. The molecule has 2 aliphatic heterocycles. The van der Waals surface area contributed by atoms with E-state index in [0.717, 1.165) is 75.0 Å². The maximum Gasteiger partial charge on any atom is 0.416 e. The minimum Gasteiger partial charge on any atom is -0.349 e. The molecule has 1 atom stereocenters. The molecule has 1 spiro atoms. The highest BCUT2D eigenvalue weighted by Crippen LogP contribution is 2.42. The fourth-order valence-corrected chi connectivity index (χ4v) is 5.89. The van der Waals surface area contributed by atoms with E-state index in [4.69, 9.17) is 0 Å². The lowest BCUT2D eigenvalue weighted by Gasteiger charge is -2.39. The van der Waals surface area contributed by atoms with Crippen molar-refractivity contribution in [3.8, 4) is 0 Å². The number of nitrogens with one attached hydrogen (secondary N) is 1. The molecular weight excluding hydrogens is 491 g/mol. The van der Waals surface area contributed by atoms with Gasteiger partial charge in [0.2, 0.25) is 11.8 Å². The summed E-state index contributed by atoms with van der Waals surface area (Å²) in [5.74, 6) is 0.773. The summed E-state index contributed by atoms with van der Waals surface area (Å²) in [6, 6.07) is 15.2. The first-order chi connectivity index (χ1) is 18.2. The second-order valence-corrected chi connectivity index (χ2v) is 11.4. The van der Waals surface area contributed by atoms with Gasteiger partial charge in [0, 0.05) is 32.5 Å². The third-order valence-corrected chi connectivity index (χ3v) is 8.42. The van der Waals surface area contributed by atoms with Crippen molar-refractivity contribution in [2.75, 3.05) is 26.2 Å². The number of likely N-dealkylation sites (tertiary alicyclic amines) is 2. The van der Waals surface area contributed by atoms with Crippen LogP contribution in [0.4, 0.5) is 13.2 Å². The van der Waals surface area contributed by atoms with Crippen LogP contribution >= 0.6 is 0 Å². The summed E-state index contributed by atoms with van der Waals surface area (Å²) in [6.07, 6.45) is 1.76. The van der Waals surface area contributed by atoms with Crippen LogP contribution in [-0.4, -0.2) is 47.8 Å². The van der Waals surface area contributed by atoms with E-state index in [-0.39, 0.29) is 23.3 Å².